The lowest BCUT2D eigenvalue weighted by Crippen LogP contribution is -2.29. The van der Waals surface area contributed by atoms with E-state index < -0.39 is 0 Å². The van der Waals surface area contributed by atoms with Crippen LogP contribution in [0.4, 0.5) is 0 Å². The van der Waals surface area contributed by atoms with E-state index in [2.05, 4.69) is 12.2 Å². The van der Waals surface area contributed by atoms with Crippen molar-refractivity contribution in [2.24, 2.45) is 0 Å². The lowest BCUT2D eigenvalue weighted by Gasteiger charge is -2.13. The van der Waals surface area contributed by atoms with E-state index >= 15 is 0 Å². The molecule has 0 saturated carbocycles. The van der Waals surface area contributed by atoms with Gasteiger partial charge in [0.25, 0.3) is 0 Å². The van der Waals surface area contributed by atoms with E-state index in [-0.39, 0.29) is 6.10 Å². The van der Waals surface area contributed by atoms with E-state index in [9.17, 15) is 5.11 Å². The summed E-state index contributed by atoms with van der Waals surface area (Å²) in [6.45, 7) is 3.24. The monoisotopic (exact) mass is 185 g/mol. The lowest BCUT2D eigenvalue weighted by atomic mass is 10.0. The summed E-state index contributed by atoms with van der Waals surface area (Å²) < 4.78 is 0. The minimum absolute atomic E-state index is 0.0776. The summed E-state index contributed by atoms with van der Waals surface area (Å²) in [6.07, 6.45) is 8.66. The van der Waals surface area contributed by atoms with Crippen LogP contribution >= 0.6 is 0 Å². The largest absolute Gasteiger partial charge is 0.391 e. The van der Waals surface area contributed by atoms with Gasteiger partial charge in [-0.15, -0.1) is 0 Å². The number of aliphatic hydroxyl groups is 1. The number of hydrogen-bond donors (Lipinski definition) is 2. The Morgan fingerprint density at radius 1 is 1.23 bits per heavy atom. The van der Waals surface area contributed by atoms with Crippen LogP contribution in [-0.4, -0.2) is 23.8 Å². The molecular weight excluding hydrogens is 162 g/mol. The summed E-state index contributed by atoms with van der Waals surface area (Å²) in [7, 11) is 0. The molecule has 1 rings (SSSR count). The molecule has 0 bridgehead atoms. The number of rotatable bonds is 6. The van der Waals surface area contributed by atoms with Crippen molar-refractivity contribution < 1.29 is 5.11 Å². The summed E-state index contributed by atoms with van der Waals surface area (Å²) in [5.74, 6) is 0. The standard InChI is InChI=1S/C11H23NO/c1-2-3-4-5-6-7-10-11(13)8-9-12-10/h10-13H,2-9H2,1H3/t10-,11+/m1/s1. The molecule has 2 N–H and O–H groups in total. The molecule has 1 aliphatic heterocycles. The predicted molar refractivity (Wildman–Crippen MR) is 55.8 cm³/mol. The number of unbranched alkanes of at least 4 members (excludes halogenated alkanes) is 4. The Kier molecular flexibility index (Phi) is 5.40. The van der Waals surface area contributed by atoms with Crippen LogP contribution in [0.5, 0.6) is 0 Å². The molecule has 0 aliphatic carbocycles. The molecule has 1 heterocycles. The van der Waals surface area contributed by atoms with Gasteiger partial charge in [0, 0.05) is 6.04 Å². The molecule has 1 fully saturated rings. The number of aliphatic hydroxyl groups excluding tert-OH is 1. The summed E-state index contributed by atoms with van der Waals surface area (Å²) in [5, 5.41) is 12.9. The summed E-state index contributed by atoms with van der Waals surface area (Å²) >= 11 is 0. The van der Waals surface area contributed by atoms with Gasteiger partial charge in [0.1, 0.15) is 0 Å². The van der Waals surface area contributed by atoms with Crippen molar-refractivity contribution in [3.05, 3.63) is 0 Å². The van der Waals surface area contributed by atoms with Gasteiger partial charge >= 0.3 is 0 Å². The van der Waals surface area contributed by atoms with Crippen molar-refractivity contribution in [2.75, 3.05) is 6.54 Å². The molecule has 1 saturated heterocycles. The highest BCUT2D eigenvalue weighted by molar-refractivity contribution is 4.82. The number of hydrogen-bond acceptors (Lipinski definition) is 2. The average Bonchev–Trinajstić information content (AvgIpc) is 2.52. The summed E-state index contributed by atoms with van der Waals surface area (Å²) in [5.41, 5.74) is 0. The van der Waals surface area contributed by atoms with Crippen molar-refractivity contribution in [1.29, 1.82) is 0 Å². The maximum absolute atomic E-state index is 9.53. The molecule has 0 aromatic heterocycles. The molecule has 13 heavy (non-hydrogen) atoms. The molecule has 78 valence electrons. The Bertz CT molecular complexity index is 127. The first-order chi connectivity index (χ1) is 6.34. The van der Waals surface area contributed by atoms with Crippen LogP contribution in [0.3, 0.4) is 0 Å². The van der Waals surface area contributed by atoms with Gasteiger partial charge in [0.05, 0.1) is 6.10 Å². The fourth-order valence-electron chi connectivity index (χ4n) is 2.02. The minimum Gasteiger partial charge on any atom is -0.391 e. The first-order valence-electron chi connectivity index (χ1n) is 5.76. The zero-order valence-corrected chi connectivity index (χ0v) is 8.76. The summed E-state index contributed by atoms with van der Waals surface area (Å²) in [6, 6.07) is 0.390. The minimum atomic E-state index is -0.0776. The van der Waals surface area contributed by atoms with Crippen LogP contribution in [0.2, 0.25) is 0 Å². The summed E-state index contributed by atoms with van der Waals surface area (Å²) in [4.78, 5) is 0. The van der Waals surface area contributed by atoms with Gasteiger partial charge in [-0.25, -0.2) is 0 Å². The lowest BCUT2D eigenvalue weighted by molar-refractivity contribution is 0.154. The first-order valence-corrected chi connectivity index (χ1v) is 5.76. The van der Waals surface area contributed by atoms with E-state index in [0.29, 0.717) is 6.04 Å². The van der Waals surface area contributed by atoms with Crippen molar-refractivity contribution >= 4 is 0 Å². The van der Waals surface area contributed by atoms with Crippen molar-refractivity contribution in [1.82, 2.24) is 5.32 Å². The Hall–Kier alpha value is -0.0800. The van der Waals surface area contributed by atoms with Gasteiger partial charge in [0.15, 0.2) is 0 Å². The molecule has 0 aromatic rings. The Labute approximate surface area is 81.7 Å². The fraction of sp³-hybridized carbons (Fsp3) is 1.00. The van der Waals surface area contributed by atoms with E-state index in [1.54, 1.807) is 0 Å². The topological polar surface area (TPSA) is 32.3 Å². The predicted octanol–water partition coefficient (Wildman–Crippen LogP) is 2.07. The molecule has 0 unspecified atom stereocenters. The number of nitrogens with one attached hydrogen (secondary N) is 1. The maximum Gasteiger partial charge on any atom is 0.0705 e. The second-order valence-corrected chi connectivity index (χ2v) is 4.12. The normalized spacial score (nSPS) is 28.2. The first kappa shape index (κ1) is 11.0. The molecule has 2 nitrogen and oxygen atoms in total. The highest BCUT2D eigenvalue weighted by Gasteiger charge is 2.23. The molecule has 1 aliphatic rings. The molecule has 0 aromatic carbocycles. The van der Waals surface area contributed by atoms with Gasteiger partial charge in [-0.2, -0.15) is 0 Å². The molecule has 0 amide bonds. The van der Waals surface area contributed by atoms with Crippen molar-refractivity contribution in [3.8, 4) is 0 Å². The highest BCUT2D eigenvalue weighted by Crippen LogP contribution is 2.14. The Morgan fingerprint density at radius 2 is 2.00 bits per heavy atom. The third kappa shape index (κ3) is 4.10. The van der Waals surface area contributed by atoms with Crippen LogP contribution in [0.1, 0.15) is 51.9 Å². The van der Waals surface area contributed by atoms with Gasteiger partial charge in [-0.05, 0) is 19.4 Å². The van der Waals surface area contributed by atoms with Gasteiger partial charge in [-0.3, -0.25) is 0 Å². The molecule has 0 radical (unpaired) electrons. The van der Waals surface area contributed by atoms with Crippen LogP contribution in [0.15, 0.2) is 0 Å². The van der Waals surface area contributed by atoms with Crippen LogP contribution in [0.25, 0.3) is 0 Å². The van der Waals surface area contributed by atoms with Crippen LogP contribution in [-0.2, 0) is 0 Å². The second kappa shape index (κ2) is 6.39. The highest BCUT2D eigenvalue weighted by atomic mass is 16.3. The molecule has 0 spiro atoms. The SMILES string of the molecule is CCCCCCC[C@H]1NCC[C@@H]1O. The van der Waals surface area contributed by atoms with Crippen LogP contribution < -0.4 is 5.32 Å². The smallest absolute Gasteiger partial charge is 0.0705 e. The quantitative estimate of drug-likeness (QED) is 0.621. The van der Waals surface area contributed by atoms with E-state index in [1.165, 1.54) is 32.1 Å². The average molecular weight is 185 g/mol. The molecular formula is C11H23NO. The second-order valence-electron chi connectivity index (χ2n) is 4.12. The fourth-order valence-corrected chi connectivity index (χ4v) is 2.02. The maximum atomic E-state index is 9.53. The van der Waals surface area contributed by atoms with Gasteiger partial charge < -0.3 is 10.4 Å². The molecule has 2 heteroatoms. The molecule has 2 atom stereocenters. The Balaban J connectivity index is 1.93. The van der Waals surface area contributed by atoms with Crippen LogP contribution in [0, 0.1) is 0 Å². The zero-order chi connectivity index (χ0) is 9.52. The zero-order valence-electron chi connectivity index (χ0n) is 8.76. The van der Waals surface area contributed by atoms with E-state index in [4.69, 9.17) is 0 Å². The third-order valence-corrected chi connectivity index (χ3v) is 2.93. The van der Waals surface area contributed by atoms with Crippen molar-refractivity contribution in [2.45, 2.75) is 64.0 Å². The van der Waals surface area contributed by atoms with Gasteiger partial charge in [0.2, 0.25) is 0 Å². The third-order valence-electron chi connectivity index (χ3n) is 2.93. The Morgan fingerprint density at radius 3 is 2.62 bits per heavy atom. The van der Waals surface area contributed by atoms with Crippen molar-refractivity contribution in [3.63, 3.8) is 0 Å². The van der Waals surface area contributed by atoms with E-state index in [1.807, 2.05) is 0 Å². The van der Waals surface area contributed by atoms with E-state index in [0.717, 1.165) is 19.4 Å². The van der Waals surface area contributed by atoms with Gasteiger partial charge in [-0.1, -0.05) is 39.0 Å².